The lowest BCUT2D eigenvalue weighted by molar-refractivity contribution is -0.139. The molecular weight excluding hydrogens is 529 g/mol. The van der Waals surface area contributed by atoms with Gasteiger partial charge in [0, 0.05) is 23.0 Å². The fourth-order valence-corrected chi connectivity index (χ4v) is 6.61. The third-order valence-electron chi connectivity index (χ3n) is 7.87. The first-order chi connectivity index (χ1) is 18.3. The van der Waals surface area contributed by atoms with E-state index < -0.39 is 29.7 Å². The van der Waals surface area contributed by atoms with Crippen LogP contribution in [0.2, 0.25) is 0 Å². The van der Waals surface area contributed by atoms with Gasteiger partial charge in [0.05, 0.1) is 5.69 Å². The molecule has 2 aliphatic rings. The van der Waals surface area contributed by atoms with Gasteiger partial charge >= 0.3 is 12.1 Å². The van der Waals surface area contributed by atoms with Crippen molar-refractivity contribution >= 4 is 28.9 Å². The van der Waals surface area contributed by atoms with E-state index in [0.717, 1.165) is 36.6 Å². The van der Waals surface area contributed by atoms with E-state index in [1.165, 1.54) is 23.6 Å². The van der Waals surface area contributed by atoms with Crippen molar-refractivity contribution in [2.75, 3.05) is 4.90 Å². The number of carbonyl (C=O) groups is 2. The SMILES string of the molecule is CC1CCC(C(=O)N(c2cc(C(C)(C)C)sc2C(=O)O)C2CCC(Oc3ncccc3C(F)(F)F)CC2)CC1. The van der Waals surface area contributed by atoms with Crippen molar-refractivity contribution in [1.29, 1.82) is 0 Å². The average Bonchev–Trinajstić information content (AvgIpc) is 3.31. The minimum atomic E-state index is -4.57. The largest absolute Gasteiger partial charge is 0.477 e. The van der Waals surface area contributed by atoms with Gasteiger partial charge in [-0.15, -0.1) is 11.3 Å². The second-order valence-electron chi connectivity index (χ2n) is 11.9. The molecule has 1 amide bonds. The van der Waals surface area contributed by atoms with E-state index in [1.807, 2.05) is 26.8 Å². The van der Waals surface area contributed by atoms with Gasteiger partial charge in [-0.25, -0.2) is 9.78 Å². The summed E-state index contributed by atoms with van der Waals surface area (Å²) in [6.07, 6.45) is 1.54. The lowest BCUT2D eigenvalue weighted by Gasteiger charge is -2.39. The van der Waals surface area contributed by atoms with E-state index in [2.05, 4.69) is 11.9 Å². The molecule has 0 atom stereocenters. The molecule has 39 heavy (non-hydrogen) atoms. The van der Waals surface area contributed by atoms with Crippen LogP contribution in [-0.4, -0.2) is 34.1 Å². The molecule has 2 heterocycles. The number of hydrogen-bond acceptors (Lipinski definition) is 5. The zero-order valence-corrected chi connectivity index (χ0v) is 23.7. The molecule has 0 spiro atoms. The van der Waals surface area contributed by atoms with Crippen molar-refractivity contribution in [2.45, 2.75) is 103 Å². The smallest absolute Gasteiger partial charge is 0.421 e. The Hall–Kier alpha value is -2.62. The summed E-state index contributed by atoms with van der Waals surface area (Å²) in [6.45, 7) is 8.22. The third kappa shape index (κ3) is 6.76. The highest BCUT2D eigenvalue weighted by atomic mass is 32.1. The summed E-state index contributed by atoms with van der Waals surface area (Å²) in [7, 11) is 0. The molecule has 0 saturated heterocycles. The molecule has 214 valence electrons. The van der Waals surface area contributed by atoms with E-state index in [9.17, 15) is 27.9 Å². The van der Waals surface area contributed by atoms with Gasteiger partial charge in [-0.1, -0.05) is 27.7 Å². The number of carboxylic acids is 1. The first kappa shape index (κ1) is 29.4. The van der Waals surface area contributed by atoms with Gasteiger partial charge in [0.25, 0.3) is 0 Å². The van der Waals surface area contributed by atoms with Crippen LogP contribution in [0.15, 0.2) is 24.4 Å². The zero-order chi connectivity index (χ0) is 28.5. The Morgan fingerprint density at radius 2 is 1.69 bits per heavy atom. The standard InChI is InChI=1S/C29H37F3N2O4S/c1-17-7-9-18(10-8-17)26(35)34(22-16-23(28(2,3)4)39-24(22)27(36)37)19-11-13-20(14-12-19)38-25-21(29(30,31)32)6-5-15-33-25/h5-6,15-20H,7-14H2,1-4H3,(H,36,37). The van der Waals surface area contributed by atoms with Gasteiger partial charge in [-0.3, -0.25) is 4.79 Å². The molecule has 10 heteroatoms. The highest BCUT2D eigenvalue weighted by Gasteiger charge is 2.40. The zero-order valence-electron chi connectivity index (χ0n) is 22.9. The van der Waals surface area contributed by atoms with Gasteiger partial charge in [-0.2, -0.15) is 13.2 Å². The van der Waals surface area contributed by atoms with E-state index in [4.69, 9.17) is 4.74 Å². The number of hydrogen-bond donors (Lipinski definition) is 1. The van der Waals surface area contributed by atoms with Crippen molar-refractivity contribution in [2.24, 2.45) is 11.8 Å². The molecule has 2 aromatic rings. The van der Waals surface area contributed by atoms with E-state index in [1.54, 1.807) is 4.90 Å². The molecule has 0 unspecified atom stereocenters. The molecule has 0 aliphatic heterocycles. The highest BCUT2D eigenvalue weighted by Crippen LogP contribution is 2.42. The number of nitrogens with zero attached hydrogens (tertiary/aromatic N) is 2. The number of alkyl halides is 3. The predicted molar refractivity (Wildman–Crippen MR) is 144 cm³/mol. The first-order valence-corrected chi connectivity index (χ1v) is 14.5. The summed E-state index contributed by atoms with van der Waals surface area (Å²) in [5, 5.41) is 10.1. The Morgan fingerprint density at radius 1 is 1.05 bits per heavy atom. The quantitative estimate of drug-likeness (QED) is 0.387. The molecule has 2 aliphatic carbocycles. The average molecular weight is 567 g/mol. The molecule has 1 N–H and O–H groups in total. The molecular formula is C29H37F3N2O4S. The second-order valence-corrected chi connectivity index (χ2v) is 13.0. The molecule has 0 bridgehead atoms. The normalized spacial score (nSPS) is 24.3. The number of rotatable bonds is 6. The summed E-state index contributed by atoms with van der Waals surface area (Å²) in [4.78, 5) is 32.9. The number of carboxylic acid groups (broad SMARTS) is 1. The van der Waals surface area contributed by atoms with Crippen LogP contribution in [0.25, 0.3) is 0 Å². The summed E-state index contributed by atoms with van der Waals surface area (Å²) in [5.74, 6) is -1.15. The maximum atomic E-state index is 14.0. The van der Waals surface area contributed by atoms with Crippen molar-refractivity contribution in [3.8, 4) is 5.88 Å². The Morgan fingerprint density at radius 3 is 2.26 bits per heavy atom. The van der Waals surface area contributed by atoms with E-state index in [0.29, 0.717) is 37.3 Å². The van der Waals surface area contributed by atoms with Crippen molar-refractivity contribution in [3.05, 3.63) is 39.7 Å². The van der Waals surface area contributed by atoms with Gasteiger partial charge in [0.15, 0.2) is 0 Å². The number of carbonyl (C=O) groups excluding carboxylic acids is 1. The number of thiophene rings is 1. The van der Waals surface area contributed by atoms with Gasteiger partial charge in [0.2, 0.25) is 11.8 Å². The lowest BCUT2D eigenvalue weighted by Crippen LogP contribution is -2.47. The summed E-state index contributed by atoms with van der Waals surface area (Å²) in [6, 6.07) is 3.78. The lowest BCUT2D eigenvalue weighted by atomic mass is 9.81. The van der Waals surface area contributed by atoms with Gasteiger partial charge < -0.3 is 14.7 Å². The van der Waals surface area contributed by atoms with E-state index in [-0.39, 0.29) is 28.2 Å². The predicted octanol–water partition coefficient (Wildman–Crippen LogP) is 7.71. The van der Waals surface area contributed by atoms with Gasteiger partial charge in [0.1, 0.15) is 16.5 Å². The van der Waals surface area contributed by atoms with Crippen LogP contribution < -0.4 is 9.64 Å². The van der Waals surface area contributed by atoms with Crippen LogP contribution in [0.3, 0.4) is 0 Å². The molecule has 2 saturated carbocycles. The fourth-order valence-electron chi connectivity index (χ4n) is 5.56. The fraction of sp³-hybridized carbons (Fsp3) is 0.621. The van der Waals surface area contributed by atoms with Crippen molar-refractivity contribution in [3.63, 3.8) is 0 Å². The third-order valence-corrected chi connectivity index (χ3v) is 9.41. The summed E-state index contributed by atoms with van der Waals surface area (Å²) >= 11 is 1.20. The monoisotopic (exact) mass is 566 g/mol. The molecule has 4 rings (SSSR count). The molecule has 2 fully saturated rings. The van der Waals surface area contributed by atoms with Crippen LogP contribution in [0.1, 0.15) is 99.2 Å². The van der Waals surface area contributed by atoms with Crippen LogP contribution in [0, 0.1) is 11.8 Å². The minimum Gasteiger partial charge on any atom is -0.477 e. The molecule has 2 aromatic heterocycles. The Bertz CT molecular complexity index is 1170. The molecule has 6 nitrogen and oxygen atoms in total. The first-order valence-electron chi connectivity index (χ1n) is 13.6. The minimum absolute atomic E-state index is 0.0453. The Kier molecular flexibility index (Phi) is 8.64. The number of amides is 1. The summed E-state index contributed by atoms with van der Waals surface area (Å²) in [5.41, 5.74) is -0.754. The number of ether oxygens (including phenoxy) is 1. The van der Waals surface area contributed by atoms with Crippen molar-refractivity contribution in [1.82, 2.24) is 4.98 Å². The maximum absolute atomic E-state index is 14.0. The van der Waals surface area contributed by atoms with Crippen molar-refractivity contribution < 1.29 is 32.6 Å². The van der Waals surface area contributed by atoms with Crippen LogP contribution in [0.5, 0.6) is 5.88 Å². The van der Waals surface area contributed by atoms with Crippen LogP contribution in [0.4, 0.5) is 18.9 Å². The van der Waals surface area contributed by atoms with Gasteiger partial charge in [-0.05, 0) is 80.9 Å². The number of pyridine rings is 1. The van der Waals surface area contributed by atoms with Crippen LogP contribution in [-0.2, 0) is 16.4 Å². The second kappa shape index (κ2) is 11.5. The maximum Gasteiger partial charge on any atom is 0.421 e. The van der Waals surface area contributed by atoms with Crippen LogP contribution >= 0.6 is 11.3 Å². The molecule has 0 aromatic carbocycles. The number of aromatic carboxylic acids is 1. The molecule has 0 radical (unpaired) electrons. The van der Waals surface area contributed by atoms with E-state index >= 15 is 0 Å². The highest BCUT2D eigenvalue weighted by molar-refractivity contribution is 7.14. The number of aromatic nitrogens is 1. The summed E-state index contributed by atoms with van der Waals surface area (Å²) < 4.78 is 46.0. The topological polar surface area (TPSA) is 79.7 Å². The Labute approximate surface area is 231 Å². The Balaban J connectivity index is 1.60. The number of halogens is 3. The number of anilines is 1.